The molecule has 0 radical (unpaired) electrons. The minimum atomic E-state index is 0.343. The Balaban J connectivity index is 2.04. The second-order valence-electron chi connectivity index (χ2n) is 4.42. The van der Waals surface area contributed by atoms with Gasteiger partial charge in [-0.3, -0.25) is 0 Å². The molecule has 1 saturated carbocycles. The summed E-state index contributed by atoms with van der Waals surface area (Å²) in [4.78, 5) is 0. The van der Waals surface area contributed by atoms with E-state index in [1.54, 1.807) is 0 Å². The van der Waals surface area contributed by atoms with Crippen molar-refractivity contribution < 1.29 is 4.74 Å². The molecule has 0 saturated heterocycles. The summed E-state index contributed by atoms with van der Waals surface area (Å²) < 4.78 is 5.64. The highest BCUT2D eigenvalue weighted by molar-refractivity contribution is 4.70. The van der Waals surface area contributed by atoms with Gasteiger partial charge >= 0.3 is 0 Å². The Labute approximate surface area is 63.8 Å². The highest BCUT2D eigenvalue weighted by atomic mass is 16.5. The molecule has 10 heavy (non-hydrogen) atoms. The van der Waals surface area contributed by atoms with Crippen molar-refractivity contribution in [3.63, 3.8) is 0 Å². The summed E-state index contributed by atoms with van der Waals surface area (Å²) >= 11 is 0. The molecule has 0 heterocycles. The summed E-state index contributed by atoms with van der Waals surface area (Å²) in [6, 6.07) is 0. The van der Waals surface area contributed by atoms with Gasteiger partial charge in [0.05, 0.1) is 12.7 Å². The fourth-order valence-corrected chi connectivity index (χ4v) is 0.905. The molecule has 1 nitrogen and oxygen atoms in total. The van der Waals surface area contributed by atoms with E-state index in [0.717, 1.165) is 6.61 Å². The average molecular weight is 142 g/mol. The lowest BCUT2D eigenvalue weighted by molar-refractivity contribution is -0.0310. The summed E-state index contributed by atoms with van der Waals surface area (Å²) in [5.41, 5.74) is 0.343. The minimum absolute atomic E-state index is 0.343. The van der Waals surface area contributed by atoms with Gasteiger partial charge in [-0.25, -0.2) is 0 Å². The Bertz CT molecular complexity index is 97.8. The Hall–Kier alpha value is -0.0400. The van der Waals surface area contributed by atoms with Gasteiger partial charge in [0.15, 0.2) is 0 Å². The molecular formula is C9H18O. The van der Waals surface area contributed by atoms with E-state index in [1.165, 1.54) is 19.3 Å². The molecule has 0 bridgehead atoms. The summed E-state index contributed by atoms with van der Waals surface area (Å²) in [6.07, 6.45) is 4.54. The summed E-state index contributed by atoms with van der Waals surface area (Å²) in [5, 5.41) is 0. The second kappa shape index (κ2) is 2.91. The van der Waals surface area contributed by atoms with E-state index in [4.69, 9.17) is 4.74 Å². The third-order valence-electron chi connectivity index (χ3n) is 1.80. The number of ether oxygens (including phenoxy) is 1. The van der Waals surface area contributed by atoms with E-state index in [9.17, 15) is 0 Å². The third-order valence-corrected chi connectivity index (χ3v) is 1.80. The van der Waals surface area contributed by atoms with E-state index in [1.807, 2.05) is 0 Å². The molecule has 0 aliphatic heterocycles. The van der Waals surface area contributed by atoms with Gasteiger partial charge in [-0.1, -0.05) is 20.8 Å². The molecule has 1 heteroatoms. The molecule has 0 aromatic carbocycles. The predicted molar refractivity (Wildman–Crippen MR) is 43.0 cm³/mol. The molecule has 0 aromatic rings. The number of hydrogen-bond donors (Lipinski definition) is 0. The molecule has 60 valence electrons. The van der Waals surface area contributed by atoms with E-state index >= 15 is 0 Å². The van der Waals surface area contributed by atoms with Gasteiger partial charge in [-0.15, -0.1) is 0 Å². The highest BCUT2D eigenvalue weighted by Crippen LogP contribution is 2.24. The molecule has 0 N–H and O–H groups in total. The smallest absolute Gasteiger partial charge is 0.0575 e. The molecule has 0 aromatic heterocycles. The molecule has 1 aliphatic carbocycles. The zero-order valence-corrected chi connectivity index (χ0v) is 7.31. The van der Waals surface area contributed by atoms with Crippen LogP contribution in [0.5, 0.6) is 0 Å². The van der Waals surface area contributed by atoms with Crippen molar-refractivity contribution in [2.75, 3.05) is 6.61 Å². The van der Waals surface area contributed by atoms with Crippen LogP contribution >= 0.6 is 0 Å². The number of hydrogen-bond acceptors (Lipinski definition) is 1. The van der Waals surface area contributed by atoms with Crippen LogP contribution in [0.3, 0.4) is 0 Å². The van der Waals surface area contributed by atoms with E-state index in [0.29, 0.717) is 11.5 Å². The van der Waals surface area contributed by atoms with Crippen molar-refractivity contribution in [3.05, 3.63) is 0 Å². The molecule has 0 amide bonds. The van der Waals surface area contributed by atoms with Crippen molar-refractivity contribution in [2.24, 2.45) is 5.41 Å². The van der Waals surface area contributed by atoms with E-state index < -0.39 is 0 Å². The SMILES string of the molecule is CC(C)(C)COC1CCC1. The van der Waals surface area contributed by atoms with Crippen LogP contribution in [0.2, 0.25) is 0 Å². The van der Waals surface area contributed by atoms with Crippen LogP contribution in [0.1, 0.15) is 40.0 Å². The first kappa shape index (κ1) is 8.06. The van der Waals surface area contributed by atoms with Crippen LogP contribution in [0, 0.1) is 5.41 Å². The summed E-state index contributed by atoms with van der Waals surface area (Å²) in [7, 11) is 0. The second-order valence-corrected chi connectivity index (χ2v) is 4.42. The van der Waals surface area contributed by atoms with Gasteiger partial charge in [-0.2, -0.15) is 0 Å². The highest BCUT2D eigenvalue weighted by Gasteiger charge is 2.20. The van der Waals surface area contributed by atoms with Crippen LogP contribution in [-0.4, -0.2) is 12.7 Å². The Morgan fingerprint density at radius 3 is 2.20 bits per heavy atom. The van der Waals surface area contributed by atoms with Crippen LogP contribution in [-0.2, 0) is 4.74 Å². The van der Waals surface area contributed by atoms with Crippen molar-refractivity contribution >= 4 is 0 Å². The molecule has 1 rings (SSSR count). The van der Waals surface area contributed by atoms with Crippen molar-refractivity contribution in [1.82, 2.24) is 0 Å². The monoisotopic (exact) mass is 142 g/mol. The lowest BCUT2D eigenvalue weighted by atomic mass is 9.94. The average Bonchev–Trinajstić information content (AvgIpc) is 1.56. The molecule has 0 atom stereocenters. The zero-order chi connectivity index (χ0) is 7.61. The normalized spacial score (nSPS) is 20.7. The Kier molecular flexibility index (Phi) is 2.35. The molecular weight excluding hydrogens is 124 g/mol. The molecule has 1 fully saturated rings. The minimum Gasteiger partial charge on any atom is -0.378 e. The van der Waals surface area contributed by atoms with Crippen molar-refractivity contribution in [3.8, 4) is 0 Å². The van der Waals surface area contributed by atoms with Crippen LogP contribution in [0.4, 0.5) is 0 Å². The Morgan fingerprint density at radius 1 is 1.30 bits per heavy atom. The fourth-order valence-electron chi connectivity index (χ4n) is 0.905. The fraction of sp³-hybridized carbons (Fsp3) is 1.00. The van der Waals surface area contributed by atoms with E-state index in [2.05, 4.69) is 20.8 Å². The van der Waals surface area contributed by atoms with Gasteiger partial charge in [0.25, 0.3) is 0 Å². The summed E-state index contributed by atoms with van der Waals surface area (Å²) in [6.45, 7) is 7.56. The van der Waals surface area contributed by atoms with Gasteiger partial charge in [0, 0.05) is 0 Å². The maximum Gasteiger partial charge on any atom is 0.0575 e. The lowest BCUT2D eigenvalue weighted by Crippen LogP contribution is -2.26. The van der Waals surface area contributed by atoms with Crippen LogP contribution in [0.25, 0.3) is 0 Å². The van der Waals surface area contributed by atoms with Crippen LogP contribution in [0.15, 0.2) is 0 Å². The molecule has 0 unspecified atom stereocenters. The largest absolute Gasteiger partial charge is 0.378 e. The van der Waals surface area contributed by atoms with Gasteiger partial charge in [0.2, 0.25) is 0 Å². The lowest BCUT2D eigenvalue weighted by Gasteiger charge is -2.29. The summed E-state index contributed by atoms with van der Waals surface area (Å²) in [5.74, 6) is 0. The first-order valence-corrected chi connectivity index (χ1v) is 4.19. The first-order valence-electron chi connectivity index (χ1n) is 4.19. The Morgan fingerprint density at radius 2 is 1.90 bits per heavy atom. The molecule has 0 spiro atoms. The van der Waals surface area contributed by atoms with Crippen LogP contribution < -0.4 is 0 Å². The van der Waals surface area contributed by atoms with Gasteiger partial charge in [-0.05, 0) is 24.7 Å². The molecule has 1 aliphatic rings. The maximum absolute atomic E-state index is 5.64. The third kappa shape index (κ3) is 2.70. The van der Waals surface area contributed by atoms with Crippen molar-refractivity contribution in [1.29, 1.82) is 0 Å². The standard InChI is InChI=1S/C9H18O/c1-9(2,3)7-10-8-5-4-6-8/h8H,4-7H2,1-3H3. The topological polar surface area (TPSA) is 9.23 Å². The van der Waals surface area contributed by atoms with Crippen molar-refractivity contribution in [2.45, 2.75) is 46.1 Å². The van der Waals surface area contributed by atoms with Gasteiger partial charge < -0.3 is 4.74 Å². The first-order chi connectivity index (χ1) is 4.58. The zero-order valence-electron chi connectivity index (χ0n) is 7.31. The van der Waals surface area contributed by atoms with E-state index in [-0.39, 0.29) is 0 Å². The maximum atomic E-state index is 5.64. The predicted octanol–water partition coefficient (Wildman–Crippen LogP) is 2.60. The quantitative estimate of drug-likeness (QED) is 0.576. The van der Waals surface area contributed by atoms with Gasteiger partial charge in [0.1, 0.15) is 0 Å². The number of rotatable bonds is 2.